The maximum absolute atomic E-state index is 13.2. The molecule has 4 aromatic rings. The Morgan fingerprint density at radius 1 is 0.518 bits per heavy atom. The lowest BCUT2D eigenvalue weighted by Crippen LogP contribution is -2.12. The van der Waals surface area contributed by atoms with Crippen LogP contribution in [0.3, 0.4) is 0 Å². The molecule has 288 valence electrons. The molecular formula is C44H40O12. The SMILES string of the molecule is C=CC(=O)OCCCOc1ccc(C=CC(=O)Oc2ccc(OC(=O)C=Cc3ccc(OCCCOC(=O)C=C)cc3)c(C(=O)OCc3ccccc3)c2)cc1. The fraction of sp³-hybridized carbons (Fsp3) is 0.159. The molecule has 12 heteroatoms. The van der Waals surface area contributed by atoms with E-state index in [4.69, 9.17) is 33.2 Å². The standard InChI is InChI=1S/C44H40O12/c1-3-40(45)52-28-8-26-50-35-18-12-32(13-19-35)16-24-42(47)55-37-22-23-39(38(30-37)44(49)54-31-34-10-6-5-7-11-34)56-43(48)25-17-33-14-20-36(21-15-33)51-27-9-29-53-41(46)4-2/h3-7,10-25,30H,1-2,8-9,26-29,31H2. The van der Waals surface area contributed by atoms with Crippen LogP contribution in [-0.4, -0.2) is 56.3 Å². The number of hydrogen-bond acceptors (Lipinski definition) is 12. The molecule has 0 N–H and O–H groups in total. The van der Waals surface area contributed by atoms with Crippen molar-refractivity contribution in [2.24, 2.45) is 0 Å². The Kier molecular flexibility index (Phi) is 16.9. The predicted octanol–water partition coefficient (Wildman–Crippen LogP) is 7.28. The highest BCUT2D eigenvalue weighted by molar-refractivity contribution is 5.96. The van der Waals surface area contributed by atoms with E-state index < -0.39 is 29.8 Å². The molecule has 0 amide bonds. The molecule has 12 nitrogen and oxygen atoms in total. The number of ether oxygens (including phenoxy) is 7. The first kappa shape index (κ1) is 41.5. The van der Waals surface area contributed by atoms with Crippen LogP contribution >= 0.6 is 0 Å². The van der Waals surface area contributed by atoms with Gasteiger partial charge in [-0.1, -0.05) is 67.8 Å². The molecule has 4 aromatic carbocycles. The van der Waals surface area contributed by atoms with Gasteiger partial charge in [0.05, 0.1) is 26.4 Å². The van der Waals surface area contributed by atoms with Crippen LogP contribution in [-0.2, 0) is 40.0 Å². The second kappa shape index (κ2) is 22.8. The molecule has 0 spiro atoms. The zero-order valence-corrected chi connectivity index (χ0v) is 30.5. The third-order valence-corrected chi connectivity index (χ3v) is 7.33. The lowest BCUT2D eigenvalue weighted by atomic mass is 10.2. The van der Waals surface area contributed by atoms with E-state index in [0.29, 0.717) is 48.7 Å². The van der Waals surface area contributed by atoms with Crippen molar-refractivity contribution >= 4 is 42.0 Å². The molecular weight excluding hydrogens is 720 g/mol. The predicted molar refractivity (Wildman–Crippen MR) is 207 cm³/mol. The third-order valence-electron chi connectivity index (χ3n) is 7.33. The highest BCUT2D eigenvalue weighted by Gasteiger charge is 2.19. The summed E-state index contributed by atoms with van der Waals surface area (Å²) < 4.78 is 37.5. The maximum Gasteiger partial charge on any atom is 0.342 e. The Balaban J connectivity index is 1.35. The van der Waals surface area contributed by atoms with Gasteiger partial charge in [0.2, 0.25) is 0 Å². The molecule has 0 fully saturated rings. The summed E-state index contributed by atoms with van der Waals surface area (Å²) >= 11 is 0. The minimum Gasteiger partial charge on any atom is -0.493 e. The Labute approximate surface area is 324 Å². The molecule has 0 saturated heterocycles. The molecule has 0 unspecified atom stereocenters. The quantitative estimate of drug-likeness (QED) is 0.0276. The van der Waals surface area contributed by atoms with Crippen LogP contribution in [0.1, 0.15) is 39.9 Å². The fourth-order valence-corrected chi connectivity index (χ4v) is 4.55. The molecule has 0 bridgehead atoms. The van der Waals surface area contributed by atoms with Crippen molar-refractivity contribution in [3.8, 4) is 23.0 Å². The van der Waals surface area contributed by atoms with Crippen LogP contribution in [0.4, 0.5) is 0 Å². The first-order chi connectivity index (χ1) is 27.2. The average molecular weight is 761 g/mol. The number of esters is 5. The van der Waals surface area contributed by atoms with Crippen molar-refractivity contribution in [2.45, 2.75) is 19.4 Å². The Morgan fingerprint density at radius 3 is 1.54 bits per heavy atom. The smallest absolute Gasteiger partial charge is 0.342 e. The first-order valence-corrected chi connectivity index (χ1v) is 17.4. The van der Waals surface area contributed by atoms with E-state index in [0.717, 1.165) is 17.7 Å². The molecule has 0 aliphatic rings. The van der Waals surface area contributed by atoms with Gasteiger partial charge in [-0.25, -0.2) is 24.0 Å². The largest absolute Gasteiger partial charge is 0.493 e. The Hall–Kier alpha value is -7.21. The van der Waals surface area contributed by atoms with Gasteiger partial charge in [-0.05, 0) is 71.3 Å². The summed E-state index contributed by atoms with van der Waals surface area (Å²) in [5.41, 5.74) is 1.98. The van der Waals surface area contributed by atoms with Crippen molar-refractivity contribution in [1.29, 1.82) is 0 Å². The molecule has 0 atom stereocenters. The van der Waals surface area contributed by atoms with Crippen LogP contribution in [0.15, 0.2) is 135 Å². The van der Waals surface area contributed by atoms with Crippen LogP contribution in [0, 0.1) is 0 Å². The highest BCUT2D eigenvalue weighted by atomic mass is 16.6. The van der Waals surface area contributed by atoms with E-state index in [2.05, 4.69) is 13.2 Å². The fourth-order valence-electron chi connectivity index (χ4n) is 4.55. The van der Waals surface area contributed by atoms with Crippen LogP contribution in [0.2, 0.25) is 0 Å². The number of benzene rings is 4. The van der Waals surface area contributed by atoms with Crippen LogP contribution < -0.4 is 18.9 Å². The summed E-state index contributed by atoms with van der Waals surface area (Å²) in [6, 6.07) is 26.9. The zero-order valence-electron chi connectivity index (χ0n) is 30.5. The van der Waals surface area contributed by atoms with Crippen molar-refractivity contribution in [3.63, 3.8) is 0 Å². The molecule has 0 aliphatic carbocycles. The minimum atomic E-state index is -0.802. The molecule has 0 heterocycles. The van der Waals surface area contributed by atoms with Crippen molar-refractivity contribution in [3.05, 3.63) is 157 Å². The second-order valence-electron chi connectivity index (χ2n) is 11.5. The number of hydrogen-bond donors (Lipinski definition) is 0. The topological polar surface area (TPSA) is 150 Å². The van der Waals surface area contributed by atoms with Gasteiger partial charge < -0.3 is 33.2 Å². The highest BCUT2D eigenvalue weighted by Crippen LogP contribution is 2.27. The minimum absolute atomic E-state index is 0.0178. The lowest BCUT2D eigenvalue weighted by Gasteiger charge is -2.11. The normalized spacial score (nSPS) is 10.6. The molecule has 0 aromatic heterocycles. The van der Waals surface area contributed by atoms with Crippen molar-refractivity contribution in [1.82, 2.24) is 0 Å². The first-order valence-electron chi connectivity index (χ1n) is 17.4. The molecule has 56 heavy (non-hydrogen) atoms. The summed E-state index contributed by atoms with van der Waals surface area (Å²) in [5.74, 6) is -2.17. The van der Waals surface area contributed by atoms with Gasteiger partial charge in [0.1, 0.15) is 35.2 Å². The van der Waals surface area contributed by atoms with E-state index in [1.165, 1.54) is 36.4 Å². The Morgan fingerprint density at radius 2 is 1.02 bits per heavy atom. The van der Waals surface area contributed by atoms with E-state index in [9.17, 15) is 24.0 Å². The zero-order chi connectivity index (χ0) is 40.0. The molecule has 0 radical (unpaired) electrons. The van der Waals surface area contributed by atoms with Crippen LogP contribution in [0.25, 0.3) is 12.2 Å². The van der Waals surface area contributed by atoms with Crippen molar-refractivity contribution < 1.29 is 57.1 Å². The third kappa shape index (κ3) is 15.0. The van der Waals surface area contributed by atoms with E-state index in [1.807, 2.05) is 6.07 Å². The van der Waals surface area contributed by atoms with Crippen LogP contribution in [0.5, 0.6) is 23.0 Å². The monoisotopic (exact) mass is 760 g/mol. The van der Waals surface area contributed by atoms with Gasteiger partial charge in [0, 0.05) is 37.1 Å². The summed E-state index contributed by atoms with van der Waals surface area (Å²) in [6.07, 6.45) is 8.70. The molecule has 4 rings (SSSR count). The van der Waals surface area contributed by atoms with Gasteiger partial charge in [0.25, 0.3) is 0 Å². The number of carbonyl (C=O) groups is 5. The summed E-state index contributed by atoms with van der Waals surface area (Å²) in [7, 11) is 0. The van der Waals surface area contributed by atoms with Gasteiger partial charge in [-0.3, -0.25) is 0 Å². The second-order valence-corrected chi connectivity index (χ2v) is 11.5. The van der Waals surface area contributed by atoms with Gasteiger partial charge >= 0.3 is 29.8 Å². The van der Waals surface area contributed by atoms with E-state index >= 15 is 0 Å². The Bertz CT molecular complexity index is 2010. The van der Waals surface area contributed by atoms with Gasteiger partial charge in [-0.15, -0.1) is 0 Å². The van der Waals surface area contributed by atoms with Crippen molar-refractivity contribution in [2.75, 3.05) is 26.4 Å². The summed E-state index contributed by atoms with van der Waals surface area (Å²) in [4.78, 5) is 61.0. The summed E-state index contributed by atoms with van der Waals surface area (Å²) in [5, 5.41) is 0. The average Bonchev–Trinajstić information content (AvgIpc) is 3.22. The van der Waals surface area contributed by atoms with Gasteiger partial charge in [0.15, 0.2) is 0 Å². The van der Waals surface area contributed by atoms with E-state index in [-0.39, 0.29) is 36.9 Å². The maximum atomic E-state index is 13.2. The number of rotatable bonds is 21. The lowest BCUT2D eigenvalue weighted by molar-refractivity contribution is -0.138. The van der Waals surface area contributed by atoms with Gasteiger partial charge in [-0.2, -0.15) is 0 Å². The summed E-state index contributed by atoms with van der Waals surface area (Å²) in [6.45, 7) is 7.74. The molecule has 0 aliphatic heterocycles. The number of carbonyl (C=O) groups excluding carboxylic acids is 5. The van der Waals surface area contributed by atoms with E-state index in [1.54, 1.807) is 78.9 Å². The molecule has 0 saturated carbocycles.